The monoisotopic (exact) mass is 447 g/mol. The fourth-order valence-corrected chi connectivity index (χ4v) is 4.71. The summed E-state index contributed by atoms with van der Waals surface area (Å²) in [6.07, 6.45) is 1.19. The van der Waals surface area contributed by atoms with Crippen molar-refractivity contribution in [1.82, 2.24) is 4.90 Å². The molecular weight excluding hydrogens is 410 g/mol. The van der Waals surface area contributed by atoms with E-state index in [-0.39, 0.29) is 16.9 Å². The van der Waals surface area contributed by atoms with Gasteiger partial charge in [0.2, 0.25) is 0 Å². The maximum Gasteiger partial charge on any atom is 0.410 e. The Kier molecular flexibility index (Phi) is 5.97. The lowest BCUT2D eigenvalue weighted by Crippen LogP contribution is -2.53. The van der Waals surface area contributed by atoms with Gasteiger partial charge in [0.25, 0.3) is 8.32 Å². The number of likely N-dealkylation sites (tertiary alicyclic amines) is 1. The van der Waals surface area contributed by atoms with E-state index in [1.54, 1.807) is 4.90 Å². The average molecular weight is 448 g/mol. The zero-order chi connectivity index (χ0) is 23.2. The van der Waals surface area contributed by atoms with Crippen molar-refractivity contribution in [3.63, 3.8) is 0 Å². The smallest absolute Gasteiger partial charge is 0.410 e. The Balaban J connectivity index is 1.80. The molecule has 1 spiro atoms. The molecule has 0 aromatic heterocycles. The molecule has 2 aliphatic heterocycles. The van der Waals surface area contributed by atoms with E-state index in [1.807, 2.05) is 39.0 Å². The molecule has 2 heterocycles. The van der Waals surface area contributed by atoms with Crippen LogP contribution in [0.2, 0.25) is 18.1 Å². The van der Waals surface area contributed by atoms with Crippen LogP contribution in [0.25, 0.3) is 0 Å². The lowest BCUT2D eigenvalue weighted by Gasteiger charge is -2.45. The van der Waals surface area contributed by atoms with Crippen LogP contribution in [0.15, 0.2) is 18.2 Å². The first-order valence-corrected chi connectivity index (χ1v) is 14.1. The molecular formula is C24H37NO5Si. The molecule has 1 saturated heterocycles. The molecule has 2 aliphatic rings. The lowest BCUT2D eigenvalue weighted by atomic mass is 9.82. The maximum absolute atomic E-state index is 13.0. The number of ketones is 1. The maximum atomic E-state index is 13.0. The van der Waals surface area contributed by atoms with Crippen LogP contribution in [0.5, 0.6) is 11.5 Å². The second-order valence-electron chi connectivity index (χ2n) is 11.3. The standard InChI is InChI=1S/C24H37NO5Si/c1-22(2,3)29-21(27)25-14-12-24(13-15-25)16-18(26)17-10-9-11-19(20(17)28-24)30-31(7,8)23(4,5)6/h9-11H,12-16H2,1-8H3. The summed E-state index contributed by atoms with van der Waals surface area (Å²) < 4.78 is 18.6. The first-order valence-electron chi connectivity index (χ1n) is 11.1. The normalized spacial score (nSPS) is 19.0. The van der Waals surface area contributed by atoms with Gasteiger partial charge in [-0.1, -0.05) is 26.8 Å². The number of rotatable bonds is 2. The molecule has 6 nitrogen and oxygen atoms in total. The van der Waals surface area contributed by atoms with E-state index in [4.69, 9.17) is 13.9 Å². The molecule has 0 bridgehead atoms. The van der Waals surface area contributed by atoms with Crippen LogP contribution in [0.3, 0.4) is 0 Å². The van der Waals surface area contributed by atoms with E-state index in [0.29, 0.717) is 49.4 Å². The topological polar surface area (TPSA) is 65.1 Å². The summed E-state index contributed by atoms with van der Waals surface area (Å²) in [5, 5.41) is 0.0326. The first kappa shape index (κ1) is 23.6. The third-order valence-electron chi connectivity index (χ3n) is 6.58. The minimum Gasteiger partial charge on any atom is -0.541 e. The molecule has 3 rings (SSSR count). The van der Waals surface area contributed by atoms with Crippen molar-refractivity contribution < 1.29 is 23.5 Å². The molecule has 7 heteroatoms. The van der Waals surface area contributed by atoms with E-state index in [0.717, 1.165) is 0 Å². The van der Waals surface area contributed by atoms with Gasteiger partial charge in [-0.3, -0.25) is 4.79 Å². The second kappa shape index (κ2) is 7.83. The van der Waals surface area contributed by atoms with E-state index in [1.165, 1.54) is 0 Å². The molecule has 172 valence electrons. The van der Waals surface area contributed by atoms with Crippen LogP contribution >= 0.6 is 0 Å². The Hall–Kier alpha value is -2.02. The Morgan fingerprint density at radius 2 is 1.71 bits per heavy atom. The Labute approximate surface area is 187 Å². The summed E-state index contributed by atoms with van der Waals surface area (Å²) in [5.41, 5.74) is -0.537. The third-order valence-corrected chi connectivity index (χ3v) is 10.9. The zero-order valence-electron chi connectivity index (χ0n) is 20.3. The predicted octanol–water partition coefficient (Wildman–Crippen LogP) is 5.81. The van der Waals surface area contributed by atoms with Gasteiger partial charge in [0.15, 0.2) is 11.5 Å². The van der Waals surface area contributed by atoms with Gasteiger partial charge in [0.1, 0.15) is 17.0 Å². The van der Waals surface area contributed by atoms with Gasteiger partial charge in [-0.15, -0.1) is 0 Å². The number of carbonyl (C=O) groups excluding carboxylic acids is 2. The van der Waals surface area contributed by atoms with Crippen molar-refractivity contribution in [1.29, 1.82) is 0 Å². The minimum atomic E-state index is -2.10. The number of hydrogen-bond acceptors (Lipinski definition) is 5. The number of ether oxygens (including phenoxy) is 2. The van der Waals surface area contributed by atoms with Crippen molar-refractivity contribution in [2.75, 3.05) is 13.1 Å². The Bertz CT molecular complexity index is 858. The third kappa shape index (κ3) is 5.08. The number of carbonyl (C=O) groups is 2. The number of piperidine rings is 1. The van der Waals surface area contributed by atoms with Crippen molar-refractivity contribution in [2.45, 2.75) is 90.1 Å². The minimum absolute atomic E-state index is 0.0326. The highest BCUT2D eigenvalue weighted by molar-refractivity contribution is 6.74. The molecule has 0 unspecified atom stereocenters. The number of para-hydroxylation sites is 1. The van der Waals surface area contributed by atoms with E-state index in [9.17, 15) is 9.59 Å². The molecule has 1 fully saturated rings. The Morgan fingerprint density at radius 3 is 2.26 bits per heavy atom. The van der Waals surface area contributed by atoms with Gasteiger partial charge in [-0.25, -0.2) is 4.79 Å². The summed E-state index contributed by atoms with van der Waals surface area (Å²) in [5.74, 6) is 1.30. The summed E-state index contributed by atoms with van der Waals surface area (Å²) in [6.45, 7) is 17.5. The van der Waals surface area contributed by atoms with E-state index in [2.05, 4.69) is 33.9 Å². The summed E-state index contributed by atoms with van der Waals surface area (Å²) >= 11 is 0. The van der Waals surface area contributed by atoms with Crippen molar-refractivity contribution in [2.24, 2.45) is 0 Å². The number of nitrogens with zero attached hydrogens (tertiary/aromatic N) is 1. The quantitative estimate of drug-likeness (QED) is 0.536. The van der Waals surface area contributed by atoms with Crippen LogP contribution in [-0.4, -0.2) is 49.4 Å². The van der Waals surface area contributed by atoms with Gasteiger partial charge >= 0.3 is 6.09 Å². The van der Waals surface area contributed by atoms with Crippen molar-refractivity contribution in [3.8, 4) is 11.5 Å². The second-order valence-corrected chi connectivity index (χ2v) is 16.1. The van der Waals surface area contributed by atoms with Gasteiger partial charge < -0.3 is 18.8 Å². The van der Waals surface area contributed by atoms with Crippen molar-refractivity contribution in [3.05, 3.63) is 23.8 Å². The number of benzene rings is 1. The summed E-state index contributed by atoms with van der Waals surface area (Å²) in [7, 11) is -2.10. The van der Waals surface area contributed by atoms with Crippen LogP contribution in [-0.2, 0) is 4.74 Å². The van der Waals surface area contributed by atoms with Gasteiger partial charge in [-0.2, -0.15) is 0 Å². The fourth-order valence-electron chi connectivity index (χ4n) is 3.69. The average Bonchev–Trinajstić information content (AvgIpc) is 2.60. The number of amides is 1. The van der Waals surface area contributed by atoms with Crippen molar-refractivity contribution >= 4 is 20.2 Å². The highest BCUT2D eigenvalue weighted by Gasteiger charge is 2.46. The molecule has 1 amide bonds. The fraction of sp³-hybridized carbons (Fsp3) is 0.667. The molecule has 0 radical (unpaired) electrons. The van der Waals surface area contributed by atoms with Crippen LogP contribution in [0.4, 0.5) is 4.79 Å². The molecule has 0 saturated carbocycles. The van der Waals surface area contributed by atoms with Crippen LogP contribution < -0.4 is 9.16 Å². The van der Waals surface area contributed by atoms with E-state index >= 15 is 0 Å². The SMILES string of the molecule is CC(C)(C)OC(=O)N1CCC2(CC1)CC(=O)c1cccc(O[Si](C)(C)C(C)(C)C)c1O2. The van der Waals surface area contributed by atoms with Crippen LogP contribution in [0.1, 0.15) is 71.2 Å². The van der Waals surface area contributed by atoms with Gasteiger partial charge in [0, 0.05) is 25.9 Å². The number of Topliss-reactive ketones (excluding diaryl/α,β-unsaturated/α-hetero) is 1. The molecule has 1 aromatic carbocycles. The highest BCUT2D eigenvalue weighted by Crippen LogP contribution is 2.46. The molecule has 0 aliphatic carbocycles. The van der Waals surface area contributed by atoms with Gasteiger partial charge in [-0.05, 0) is 51.0 Å². The predicted molar refractivity (Wildman–Crippen MR) is 124 cm³/mol. The number of hydrogen-bond donors (Lipinski definition) is 0. The largest absolute Gasteiger partial charge is 0.541 e. The molecule has 0 atom stereocenters. The van der Waals surface area contributed by atoms with Gasteiger partial charge in [0.05, 0.1) is 12.0 Å². The summed E-state index contributed by atoms with van der Waals surface area (Å²) in [4.78, 5) is 27.2. The van der Waals surface area contributed by atoms with E-state index < -0.39 is 19.5 Å². The summed E-state index contributed by atoms with van der Waals surface area (Å²) in [6, 6.07) is 5.59. The zero-order valence-corrected chi connectivity index (χ0v) is 21.3. The van der Waals surface area contributed by atoms with Crippen LogP contribution in [0, 0.1) is 0 Å². The lowest BCUT2D eigenvalue weighted by molar-refractivity contribution is -0.0233. The molecule has 31 heavy (non-hydrogen) atoms. The first-order chi connectivity index (χ1) is 14.1. The highest BCUT2D eigenvalue weighted by atomic mass is 28.4. The number of fused-ring (bicyclic) bond motifs is 1. The Morgan fingerprint density at radius 1 is 1.10 bits per heavy atom. The molecule has 1 aromatic rings. The molecule has 0 N–H and O–H groups in total.